The molecule has 0 saturated carbocycles. The number of H-pyrrole nitrogens is 1. The van der Waals surface area contributed by atoms with E-state index in [0.29, 0.717) is 25.4 Å². The number of aromatic nitrogens is 2. The van der Waals surface area contributed by atoms with Gasteiger partial charge in [-0.1, -0.05) is 31.2 Å². The van der Waals surface area contributed by atoms with Crippen molar-refractivity contribution in [2.24, 2.45) is 0 Å². The van der Waals surface area contributed by atoms with Crippen LogP contribution in [-0.4, -0.2) is 40.7 Å². The van der Waals surface area contributed by atoms with Crippen LogP contribution in [0.2, 0.25) is 0 Å². The summed E-state index contributed by atoms with van der Waals surface area (Å²) in [6, 6.07) is 10.1. The van der Waals surface area contributed by atoms with Gasteiger partial charge in [-0.15, -0.1) is 0 Å². The predicted molar refractivity (Wildman–Crippen MR) is 79.0 cm³/mol. The molecule has 1 aromatic carbocycles. The smallest absolute Gasteiger partial charge is 0.272 e. The molecule has 1 amide bonds. The molecule has 1 aromatic heterocycles. The summed E-state index contributed by atoms with van der Waals surface area (Å²) in [6.07, 6.45) is 2.56. The molecule has 21 heavy (non-hydrogen) atoms. The van der Waals surface area contributed by atoms with E-state index in [-0.39, 0.29) is 12.0 Å². The Labute approximate surface area is 123 Å². The number of hydrogen-bond donors (Lipinski definition) is 1. The van der Waals surface area contributed by atoms with Crippen molar-refractivity contribution in [1.29, 1.82) is 0 Å². The van der Waals surface area contributed by atoms with Gasteiger partial charge in [0.2, 0.25) is 0 Å². The predicted octanol–water partition coefficient (Wildman–Crippen LogP) is 2.19. The highest BCUT2D eigenvalue weighted by atomic mass is 16.5. The van der Waals surface area contributed by atoms with Crippen molar-refractivity contribution in [2.45, 2.75) is 19.4 Å². The lowest BCUT2D eigenvalue weighted by atomic mass is 10.0. The van der Waals surface area contributed by atoms with Crippen molar-refractivity contribution < 1.29 is 9.53 Å². The Morgan fingerprint density at radius 1 is 1.38 bits per heavy atom. The third-order valence-corrected chi connectivity index (χ3v) is 3.84. The standard InChI is InChI=1S/C16H19N3O2/c1-2-12-3-5-13(6-4-12)15-11-19(9-10-21-15)16(20)14-7-8-17-18-14/h3-8,15H,2,9-11H2,1H3,(H,17,18)/t15-/m0/s1. The Hall–Kier alpha value is -2.14. The van der Waals surface area contributed by atoms with Crippen LogP contribution in [0.25, 0.3) is 0 Å². The number of hydrogen-bond acceptors (Lipinski definition) is 3. The molecule has 110 valence electrons. The number of amides is 1. The average molecular weight is 285 g/mol. The van der Waals surface area contributed by atoms with Crippen molar-refractivity contribution in [3.63, 3.8) is 0 Å². The van der Waals surface area contributed by atoms with Crippen LogP contribution in [0, 0.1) is 0 Å². The topological polar surface area (TPSA) is 58.2 Å². The molecule has 1 saturated heterocycles. The Morgan fingerprint density at radius 2 is 2.19 bits per heavy atom. The summed E-state index contributed by atoms with van der Waals surface area (Å²) in [7, 11) is 0. The second kappa shape index (κ2) is 6.10. The summed E-state index contributed by atoms with van der Waals surface area (Å²) < 4.78 is 5.82. The van der Waals surface area contributed by atoms with Gasteiger partial charge in [0.15, 0.2) is 0 Å². The van der Waals surface area contributed by atoms with Crippen LogP contribution in [-0.2, 0) is 11.2 Å². The van der Waals surface area contributed by atoms with Crippen molar-refractivity contribution >= 4 is 5.91 Å². The van der Waals surface area contributed by atoms with Crippen molar-refractivity contribution in [1.82, 2.24) is 15.1 Å². The molecule has 0 bridgehead atoms. The highest BCUT2D eigenvalue weighted by Crippen LogP contribution is 2.23. The van der Waals surface area contributed by atoms with Gasteiger partial charge in [-0.3, -0.25) is 9.89 Å². The van der Waals surface area contributed by atoms with Gasteiger partial charge >= 0.3 is 0 Å². The van der Waals surface area contributed by atoms with E-state index in [9.17, 15) is 4.79 Å². The fourth-order valence-electron chi connectivity index (χ4n) is 2.55. The van der Waals surface area contributed by atoms with Gasteiger partial charge in [-0.25, -0.2) is 0 Å². The van der Waals surface area contributed by atoms with Crippen molar-refractivity contribution in [2.75, 3.05) is 19.7 Å². The lowest BCUT2D eigenvalue weighted by Crippen LogP contribution is -2.42. The maximum Gasteiger partial charge on any atom is 0.272 e. The molecule has 1 atom stereocenters. The average Bonchev–Trinajstić information content (AvgIpc) is 3.09. The fraction of sp³-hybridized carbons (Fsp3) is 0.375. The number of carbonyl (C=O) groups excluding carboxylic acids is 1. The maximum absolute atomic E-state index is 12.3. The summed E-state index contributed by atoms with van der Waals surface area (Å²) >= 11 is 0. The van der Waals surface area contributed by atoms with Gasteiger partial charge in [-0.05, 0) is 23.6 Å². The molecule has 5 heteroatoms. The normalized spacial score (nSPS) is 18.7. The number of nitrogens with one attached hydrogen (secondary N) is 1. The highest BCUT2D eigenvalue weighted by molar-refractivity contribution is 5.92. The zero-order chi connectivity index (χ0) is 14.7. The summed E-state index contributed by atoms with van der Waals surface area (Å²) in [5.74, 6) is -0.0222. The number of benzene rings is 1. The van der Waals surface area contributed by atoms with Crippen LogP contribution in [0.15, 0.2) is 36.5 Å². The number of morpholine rings is 1. The minimum absolute atomic E-state index is 0.0222. The van der Waals surface area contributed by atoms with E-state index in [1.165, 1.54) is 5.56 Å². The number of nitrogens with zero attached hydrogens (tertiary/aromatic N) is 2. The van der Waals surface area contributed by atoms with Gasteiger partial charge in [0.05, 0.1) is 13.2 Å². The quantitative estimate of drug-likeness (QED) is 0.940. The molecule has 1 aliphatic rings. The first-order valence-corrected chi connectivity index (χ1v) is 7.27. The van der Waals surface area contributed by atoms with Crippen LogP contribution in [0.3, 0.4) is 0 Å². The molecule has 2 aromatic rings. The van der Waals surface area contributed by atoms with Gasteiger partial charge in [0.25, 0.3) is 5.91 Å². The molecule has 5 nitrogen and oxygen atoms in total. The molecule has 0 spiro atoms. The monoisotopic (exact) mass is 285 g/mol. The third kappa shape index (κ3) is 2.97. The molecule has 1 fully saturated rings. The molecular formula is C16H19N3O2. The van der Waals surface area contributed by atoms with Crippen LogP contribution >= 0.6 is 0 Å². The third-order valence-electron chi connectivity index (χ3n) is 3.84. The minimum Gasteiger partial charge on any atom is -0.370 e. The molecule has 1 aliphatic heterocycles. The molecule has 0 radical (unpaired) electrons. The molecule has 3 rings (SSSR count). The van der Waals surface area contributed by atoms with Crippen LogP contribution in [0.1, 0.15) is 34.6 Å². The van der Waals surface area contributed by atoms with E-state index in [0.717, 1.165) is 12.0 Å². The van der Waals surface area contributed by atoms with Crippen LogP contribution in [0.4, 0.5) is 0 Å². The summed E-state index contributed by atoms with van der Waals surface area (Å²) in [4.78, 5) is 14.2. The molecular weight excluding hydrogens is 266 g/mol. The highest BCUT2D eigenvalue weighted by Gasteiger charge is 2.26. The summed E-state index contributed by atoms with van der Waals surface area (Å²) in [5.41, 5.74) is 2.95. The number of aromatic amines is 1. The second-order valence-corrected chi connectivity index (χ2v) is 5.18. The SMILES string of the molecule is CCc1ccc([C@@H]2CN(C(=O)c3ccn[nH]3)CCO2)cc1. The number of rotatable bonds is 3. The van der Waals surface area contributed by atoms with E-state index in [2.05, 4.69) is 41.4 Å². The molecule has 0 unspecified atom stereocenters. The minimum atomic E-state index is -0.0588. The van der Waals surface area contributed by atoms with Crippen LogP contribution < -0.4 is 0 Å². The number of carbonyl (C=O) groups is 1. The second-order valence-electron chi connectivity index (χ2n) is 5.18. The Morgan fingerprint density at radius 3 is 2.86 bits per heavy atom. The molecule has 1 N–H and O–H groups in total. The van der Waals surface area contributed by atoms with Crippen molar-refractivity contribution in [3.05, 3.63) is 53.3 Å². The first-order valence-electron chi connectivity index (χ1n) is 7.27. The Balaban J connectivity index is 1.71. The van der Waals surface area contributed by atoms with E-state index in [4.69, 9.17) is 4.74 Å². The van der Waals surface area contributed by atoms with E-state index >= 15 is 0 Å². The largest absolute Gasteiger partial charge is 0.370 e. The van der Waals surface area contributed by atoms with Gasteiger partial charge < -0.3 is 9.64 Å². The first-order chi connectivity index (χ1) is 10.3. The summed E-state index contributed by atoms with van der Waals surface area (Å²) in [6.45, 7) is 3.88. The van der Waals surface area contributed by atoms with E-state index in [1.807, 2.05) is 4.90 Å². The van der Waals surface area contributed by atoms with E-state index in [1.54, 1.807) is 12.3 Å². The maximum atomic E-state index is 12.3. The van der Waals surface area contributed by atoms with Gasteiger partial charge in [0, 0.05) is 12.7 Å². The zero-order valence-electron chi connectivity index (χ0n) is 12.1. The molecule has 0 aliphatic carbocycles. The molecule has 2 heterocycles. The lowest BCUT2D eigenvalue weighted by molar-refractivity contribution is -0.0230. The van der Waals surface area contributed by atoms with Gasteiger partial charge in [-0.2, -0.15) is 5.10 Å². The first kappa shape index (κ1) is 13.8. The van der Waals surface area contributed by atoms with Crippen molar-refractivity contribution in [3.8, 4) is 0 Å². The van der Waals surface area contributed by atoms with E-state index < -0.39 is 0 Å². The Kier molecular flexibility index (Phi) is 4.01. The number of aryl methyl sites for hydroxylation is 1. The Bertz CT molecular complexity index is 592. The summed E-state index contributed by atoms with van der Waals surface area (Å²) in [5, 5.41) is 6.55. The van der Waals surface area contributed by atoms with Gasteiger partial charge in [0.1, 0.15) is 11.8 Å². The van der Waals surface area contributed by atoms with Crippen LogP contribution in [0.5, 0.6) is 0 Å². The lowest BCUT2D eigenvalue weighted by Gasteiger charge is -2.33. The zero-order valence-corrected chi connectivity index (χ0v) is 12.1. The fourth-order valence-corrected chi connectivity index (χ4v) is 2.55. The number of ether oxygens (including phenoxy) is 1.